The Labute approximate surface area is 234 Å². The molecule has 1 saturated carbocycles. The van der Waals surface area contributed by atoms with Crippen LogP contribution in [0.5, 0.6) is 5.75 Å². The van der Waals surface area contributed by atoms with Crippen molar-refractivity contribution in [2.24, 2.45) is 5.92 Å². The van der Waals surface area contributed by atoms with E-state index in [-0.39, 0.29) is 37.8 Å². The Morgan fingerprint density at radius 1 is 1.00 bits per heavy atom. The van der Waals surface area contributed by atoms with Gasteiger partial charge in [-0.05, 0) is 61.1 Å². The van der Waals surface area contributed by atoms with E-state index < -0.39 is 30.1 Å². The van der Waals surface area contributed by atoms with E-state index in [1.165, 1.54) is 9.80 Å². The SMILES string of the molecule is COc1cccc(CC(=O)N2CCN(C(=O)Nc3cccc(C)c3)C2C(=O)NC(CC(=O)O)C2CCCCC2)c1. The highest BCUT2D eigenvalue weighted by Gasteiger charge is 2.44. The quantitative estimate of drug-likeness (QED) is 0.436. The van der Waals surface area contributed by atoms with Crippen molar-refractivity contribution in [1.82, 2.24) is 15.1 Å². The lowest BCUT2D eigenvalue weighted by molar-refractivity contribution is -0.142. The molecule has 2 fully saturated rings. The third kappa shape index (κ3) is 7.31. The van der Waals surface area contributed by atoms with E-state index in [0.717, 1.165) is 43.2 Å². The van der Waals surface area contributed by atoms with Gasteiger partial charge in [0.05, 0.1) is 20.0 Å². The summed E-state index contributed by atoms with van der Waals surface area (Å²) in [5, 5.41) is 15.3. The number of carbonyl (C=O) groups excluding carboxylic acids is 3. The molecular formula is C30H38N4O6. The van der Waals surface area contributed by atoms with Crippen LogP contribution in [0.25, 0.3) is 0 Å². The molecule has 10 nitrogen and oxygen atoms in total. The summed E-state index contributed by atoms with van der Waals surface area (Å²) in [4.78, 5) is 55.2. The second-order valence-electron chi connectivity index (χ2n) is 10.6. The number of hydrogen-bond donors (Lipinski definition) is 3. The fourth-order valence-electron chi connectivity index (χ4n) is 5.68. The smallest absolute Gasteiger partial charge is 0.323 e. The lowest BCUT2D eigenvalue weighted by Gasteiger charge is -2.34. The van der Waals surface area contributed by atoms with E-state index in [1.54, 1.807) is 37.4 Å². The number of anilines is 1. The van der Waals surface area contributed by atoms with Crippen molar-refractivity contribution >= 4 is 29.5 Å². The Kier molecular flexibility index (Phi) is 9.63. The monoisotopic (exact) mass is 550 g/mol. The normalized spacial score (nSPS) is 18.2. The van der Waals surface area contributed by atoms with E-state index in [0.29, 0.717) is 11.4 Å². The average molecular weight is 551 g/mol. The second kappa shape index (κ2) is 13.3. The molecule has 214 valence electrons. The highest BCUT2D eigenvalue weighted by atomic mass is 16.5. The van der Waals surface area contributed by atoms with Crippen LogP contribution in [0.3, 0.4) is 0 Å². The van der Waals surface area contributed by atoms with Gasteiger partial charge in [0.2, 0.25) is 5.91 Å². The molecule has 40 heavy (non-hydrogen) atoms. The van der Waals surface area contributed by atoms with Crippen LogP contribution in [0.15, 0.2) is 48.5 Å². The molecule has 2 aromatic carbocycles. The molecule has 1 aliphatic carbocycles. The van der Waals surface area contributed by atoms with Gasteiger partial charge in [-0.2, -0.15) is 0 Å². The zero-order valence-corrected chi connectivity index (χ0v) is 23.1. The number of carbonyl (C=O) groups is 4. The van der Waals surface area contributed by atoms with Crippen LogP contribution in [0.1, 0.15) is 49.7 Å². The summed E-state index contributed by atoms with van der Waals surface area (Å²) in [6.07, 6.45) is 3.32. The zero-order chi connectivity index (χ0) is 28.6. The summed E-state index contributed by atoms with van der Waals surface area (Å²) in [6, 6.07) is 13.4. The number of amides is 4. The van der Waals surface area contributed by atoms with Crippen LogP contribution in [-0.2, 0) is 20.8 Å². The van der Waals surface area contributed by atoms with Gasteiger partial charge in [0.25, 0.3) is 5.91 Å². The maximum Gasteiger partial charge on any atom is 0.323 e. The molecule has 10 heteroatoms. The first kappa shape index (κ1) is 28.9. The van der Waals surface area contributed by atoms with Crippen molar-refractivity contribution < 1.29 is 29.0 Å². The summed E-state index contributed by atoms with van der Waals surface area (Å²) in [5.74, 6) is -1.21. The van der Waals surface area contributed by atoms with Gasteiger partial charge in [-0.3, -0.25) is 19.3 Å². The third-order valence-electron chi connectivity index (χ3n) is 7.69. The fraction of sp³-hybridized carbons (Fsp3) is 0.467. The van der Waals surface area contributed by atoms with Gasteiger partial charge >= 0.3 is 12.0 Å². The van der Waals surface area contributed by atoms with E-state index >= 15 is 0 Å². The fourth-order valence-corrected chi connectivity index (χ4v) is 5.68. The zero-order valence-electron chi connectivity index (χ0n) is 23.1. The molecular weight excluding hydrogens is 512 g/mol. The Morgan fingerprint density at radius 2 is 1.73 bits per heavy atom. The molecule has 1 saturated heterocycles. The molecule has 3 N–H and O–H groups in total. The first-order valence-corrected chi connectivity index (χ1v) is 13.8. The highest BCUT2D eigenvalue weighted by Crippen LogP contribution is 2.29. The Morgan fingerprint density at radius 3 is 2.42 bits per heavy atom. The van der Waals surface area contributed by atoms with Crippen molar-refractivity contribution in [3.8, 4) is 5.75 Å². The van der Waals surface area contributed by atoms with Crippen LogP contribution in [-0.4, -0.2) is 71.1 Å². The number of hydrogen-bond acceptors (Lipinski definition) is 5. The molecule has 0 radical (unpaired) electrons. The van der Waals surface area contributed by atoms with E-state index in [1.807, 2.05) is 25.1 Å². The van der Waals surface area contributed by atoms with Gasteiger partial charge in [0, 0.05) is 24.8 Å². The first-order chi connectivity index (χ1) is 19.2. The van der Waals surface area contributed by atoms with Crippen LogP contribution in [0.2, 0.25) is 0 Å². The van der Waals surface area contributed by atoms with Crippen molar-refractivity contribution in [2.75, 3.05) is 25.5 Å². The van der Waals surface area contributed by atoms with Crippen molar-refractivity contribution in [1.29, 1.82) is 0 Å². The standard InChI is InChI=1S/C30H38N4O6/c1-20-8-6-12-23(16-20)31-30(39)34-15-14-33(26(35)18-21-9-7-13-24(17-21)40-2)29(34)28(38)32-25(19-27(36)37)22-10-4-3-5-11-22/h6-9,12-13,16-17,22,25,29H,3-5,10-11,14-15,18-19H2,1-2H3,(H,31,39)(H,32,38)(H,36,37). The van der Waals surface area contributed by atoms with E-state index in [2.05, 4.69) is 10.6 Å². The Bertz CT molecular complexity index is 1230. The molecule has 2 aliphatic rings. The molecule has 4 amide bonds. The number of aliphatic carboxylic acids is 1. The predicted octanol–water partition coefficient (Wildman–Crippen LogP) is 3.79. The van der Waals surface area contributed by atoms with Crippen molar-refractivity contribution in [3.05, 3.63) is 59.7 Å². The van der Waals surface area contributed by atoms with Crippen LogP contribution < -0.4 is 15.4 Å². The number of benzene rings is 2. The summed E-state index contributed by atoms with van der Waals surface area (Å²) >= 11 is 0. The average Bonchev–Trinajstić information content (AvgIpc) is 3.39. The largest absolute Gasteiger partial charge is 0.497 e. The topological polar surface area (TPSA) is 128 Å². The molecule has 0 aromatic heterocycles. The van der Waals surface area contributed by atoms with Gasteiger partial charge in [0.1, 0.15) is 5.75 Å². The van der Waals surface area contributed by atoms with Gasteiger partial charge in [-0.1, -0.05) is 43.5 Å². The Balaban J connectivity index is 1.57. The van der Waals surface area contributed by atoms with Crippen LogP contribution >= 0.6 is 0 Å². The number of carboxylic acids is 1. The van der Waals surface area contributed by atoms with Gasteiger partial charge in [0.15, 0.2) is 6.17 Å². The summed E-state index contributed by atoms with van der Waals surface area (Å²) in [7, 11) is 1.55. The predicted molar refractivity (Wildman–Crippen MR) is 150 cm³/mol. The number of rotatable bonds is 9. The number of urea groups is 1. The van der Waals surface area contributed by atoms with Gasteiger partial charge < -0.3 is 25.4 Å². The minimum absolute atomic E-state index is 0.0233. The van der Waals surface area contributed by atoms with Crippen molar-refractivity contribution in [2.45, 2.75) is 64.1 Å². The van der Waals surface area contributed by atoms with Crippen molar-refractivity contribution in [3.63, 3.8) is 0 Å². The first-order valence-electron chi connectivity index (χ1n) is 13.8. The highest BCUT2D eigenvalue weighted by molar-refractivity contribution is 5.96. The Hall–Kier alpha value is -4.08. The molecule has 4 rings (SSSR count). The number of ether oxygens (including phenoxy) is 1. The summed E-state index contributed by atoms with van der Waals surface area (Å²) in [5.41, 5.74) is 2.26. The molecule has 1 heterocycles. The van der Waals surface area contributed by atoms with E-state index in [4.69, 9.17) is 4.74 Å². The van der Waals surface area contributed by atoms with E-state index in [9.17, 15) is 24.3 Å². The molecule has 0 spiro atoms. The number of carboxylic acid groups (broad SMARTS) is 1. The minimum atomic E-state index is -1.21. The van der Waals surface area contributed by atoms with Gasteiger partial charge in [-0.15, -0.1) is 0 Å². The number of methoxy groups -OCH3 is 1. The lowest BCUT2D eigenvalue weighted by atomic mass is 9.82. The van der Waals surface area contributed by atoms with Crippen LogP contribution in [0, 0.1) is 12.8 Å². The summed E-state index contributed by atoms with van der Waals surface area (Å²) in [6.45, 7) is 2.25. The molecule has 2 aromatic rings. The second-order valence-corrected chi connectivity index (χ2v) is 10.6. The van der Waals surface area contributed by atoms with Crippen LogP contribution in [0.4, 0.5) is 10.5 Å². The molecule has 1 aliphatic heterocycles. The lowest BCUT2D eigenvalue weighted by Crippen LogP contribution is -2.57. The summed E-state index contributed by atoms with van der Waals surface area (Å²) < 4.78 is 5.27. The molecule has 0 bridgehead atoms. The number of nitrogens with one attached hydrogen (secondary N) is 2. The number of aryl methyl sites for hydroxylation is 1. The third-order valence-corrected chi connectivity index (χ3v) is 7.69. The maximum absolute atomic E-state index is 13.8. The number of nitrogens with zero attached hydrogens (tertiary/aromatic N) is 2. The van der Waals surface area contributed by atoms with Gasteiger partial charge in [-0.25, -0.2) is 4.79 Å². The molecule has 2 atom stereocenters. The molecule has 2 unspecified atom stereocenters. The maximum atomic E-state index is 13.8. The minimum Gasteiger partial charge on any atom is -0.497 e.